The van der Waals surface area contributed by atoms with Crippen molar-refractivity contribution in [2.75, 3.05) is 0 Å². The van der Waals surface area contributed by atoms with Crippen LogP contribution < -0.4 is 5.32 Å². The molecule has 0 saturated carbocycles. The van der Waals surface area contributed by atoms with Crippen LogP contribution in [0.5, 0.6) is 0 Å². The van der Waals surface area contributed by atoms with Crippen molar-refractivity contribution in [1.29, 1.82) is 0 Å². The maximum atomic E-state index is 12.8. The molecule has 1 N–H and O–H groups in total. The molecule has 0 bridgehead atoms. The van der Waals surface area contributed by atoms with Crippen LogP contribution >= 0.6 is 0 Å². The van der Waals surface area contributed by atoms with Crippen LogP contribution in [0, 0.1) is 5.82 Å². The van der Waals surface area contributed by atoms with Crippen LogP contribution in [-0.4, -0.2) is 11.0 Å². The maximum absolute atomic E-state index is 12.8. The fraction of sp³-hybridized carbons (Fsp3) is 0.667. The van der Waals surface area contributed by atoms with Crippen molar-refractivity contribution in [3.8, 4) is 0 Å². The van der Waals surface area contributed by atoms with E-state index in [9.17, 15) is 4.39 Å². The minimum absolute atomic E-state index is 0.224. The molecule has 0 spiro atoms. The van der Waals surface area contributed by atoms with Gasteiger partial charge in [-0.3, -0.25) is 4.98 Å². The van der Waals surface area contributed by atoms with Crippen molar-refractivity contribution in [2.24, 2.45) is 0 Å². The molecule has 1 rings (SSSR count). The number of aromatic nitrogens is 1. The Labute approximate surface area is 110 Å². The van der Waals surface area contributed by atoms with Gasteiger partial charge in [-0.1, -0.05) is 33.1 Å². The smallest absolute Gasteiger partial charge is 0.141 e. The first kappa shape index (κ1) is 15.1. The monoisotopic (exact) mass is 252 g/mol. The lowest BCUT2D eigenvalue weighted by atomic mass is 10.1. The van der Waals surface area contributed by atoms with Gasteiger partial charge in [-0.25, -0.2) is 4.39 Å². The maximum Gasteiger partial charge on any atom is 0.141 e. The van der Waals surface area contributed by atoms with Crippen molar-refractivity contribution in [1.82, 2.24) is 10.3 Å². The molecule has 0 radical (unpaired) electrons. The normalized spacial score (nSPS) is 14.4. The molecule has 0 amide bonds. The molecule has 18 heavy (non-hydrogen) atoms. The summed E-state index contributed by atoms with van der Waals surface area (Å²) < 4.78 is 12.8. The lowest BCUT2D eigenvalue weighted by molar-refractivity contribution is 0.409. The third-order valence-electron chi connectivity index (χ3n) is 3.24. The predicted molar refractivity (Wildman–Crippen MR) is 74.0 cm³/mol. The van der Waals surface area contributed by atoms with E-state index in [1.54, 1.807) is 6.07 Å². The summed E-state index contributed by atoms with van der Waals surface area (Å²) in [7, 11) is 0. The Kier molecular flexibility index (Phi) is 6.88. The van der Waals surface area contributed by atoms with Gasteiger partial charge in [0, 0.05) is 12.1 Å². The number of rotatable bonds is 8. The van der Waals surface area contributed by atoms with E-state index in [1.807, 2.05) is 0 Å². The van der Waals surface area contributed by atoms with Crippen LogP contribution in [0.2, 0.25) is 0 Å². The second-order valence-electron chi connectivity index (χ2n) is 4.93. The van der Waals surface area contributed by atoms with E-state index in [4.69, 9.17) is 0 Å². The molecule has 3 heteroatoms. The molecular weight excluding hydrogens is 227 g/mol. The quantitative estimate of drug-likeness (QED) is 0.700. The van der Waals surface area contributed by atoms with Crippen LogP contribution in [0.4, 0.5) is 4.39 Å². The fourth-order valence-corrected chi connectivity index (χ4v) is 2.13. The zero-order chi connectivity index (χ0) is 13.4. The molecule has 1 aromatic heterocycles. The van der Waals surface area contributed by atoms with Crippen LogP contribution in [0.3, 0.4) is 0 Å². The van der Waals surface area contributed by atoms with Gasteiger partial charge >= 0.3 is 0 Å². The first-order valence-corrected chi connectivity index (χ1v) is 7.04. The summed E-state index contributed by atoms with van der Waals surface area (Å²) >= 11 is 0. The van der Waals surface area contributed by atoms with Crippen LogP contribution in [-0.2, 0) is 0 Å². The molecule has 0 aromatic carbocycles. The van der Waals surface area contributed by atoms with E-state index in [0.717, 1.165) is 12.1 Å². The largest absolute Gasteiger partial charge is 0.306 e. The summed E-state index contributed by atoms with van der Waals surface area (Å²) in [6.07, 6.45) is 7.25. The number of pyridine rings is 1. The molecular formula is C15H25FN2. The Morgan fingerprint density at radius 3 is 2.61 bits per heavy atom. The van der Waals surface area contributed by atoms with Crippen LogP contribution in [0.25, 0.3) is 0 Å². The molecule has 0 aliphatic rings. The second kappa shape index (κ2) is 8.20. The Bertz CT molecular complexity index is 324. The van der Waals surface area contributed by atoms with Gasteiger partial charge in [-0.05, 0) is 31.9 Å². The lowest BCUT2D eigenvalue weighted by Crippen LogP contribution is -2.30. The number of halogens is 1. The van der Waals surface area contributed by atoms with Gasteiger partial charge in [-0.15, -0.1) is 0 Å². The van der Waals surface area contributed by atoms with Crippen molar-refractivity contribution >= 4 is 0 Å². The summed E-state index contributed by atoms with van der Waals surface area (Å²) in [5, 5.41) is 3.58. The van der Waals surface area contributed by atoms with E-state index in [0.29, 0.717) is 6.04 Å². The first-order chi connectivity index (χ1) is 8.67. The molecule has 2 unspecified atom stereocenters. The average molecular weight is 252 g/mol. The highest BCUT2D eigenvalue weighted by atomic mass is 19.1. The highest BCUT2D eigenvalue weighted by Crippen LogP contribution is 2.16. The van der Waals surface area contributed by atoms with Gasteiger partial charge in [0.05, 0.1) is 11.9 Å². The molecule has 1 aromatic rings. The molecule has 0 aliphatic heterocycles. The van der Waals surface area contributed by atoms with Gasteiger partial charge in [-0.2, -0.15) is 0 Å². The highest BCUT2D eigenvalue weighted by Gasteiger charge is 2.13. The third kappa shape index (κ3) is 5.13. The van der Waals surface area contributed by atoms with Gasteiger partial charge in [0.1, 0.15) is 5.82 Å². The predicted octanol–water partition coefficient (Wildman–Crippen LogP) is 4.23. The fourth-order valence-electron chi connectivity index (χ4n) is 2.13. The zero-order valence-corrected chi connectivity index (χ0v) is 11.7. The number of nitrogens with zero attached hydrogens (tertiary/aromatic N) is 1. The molecule has 102 valence electrons. The van der Waals surface area contributed by atoms with E-state index in [1.165, 1.54) is 37.9 Å². The third-order valence-corrected chi connectivity index (χ3v) is 3.24. The second-order valence-corrected chi connectivity index (χ2v) is 4.93. The summed E-state index contributed by atoms with van der Waals surface area (Å²) in [6.45, 7) is 6.55. The van der Waals surface area contributed by atoms with Gasteiger partial charge in [0.15, 0.2) is 0 Å². The standard InChI is InChI=1S/C15H25FN2/c1-4-6-7-8-12(3)18-14(5-2)15-10-9-13(16)11-17-15/h9-12,14,18H,4-8H2,1-3H3. The number of hydrogen-bond acceptors (Lipinski definition) is 2. The number of unbranched alkanes of at least 4 members (excludes halogenated alkanes) is 2. The number of hydrogen-bond donors (Lipinski definition) is 1. The Morgan fingerprint density at radius 1 is 1.28 bits per heavy atom. The summed E-state index contributed by atoms with van der Waals surface area (Å²) in [6, 6.07) is 3.96. The van der Waals surface area contributed by atoms with Crippen molar-refractivity contribution in [2.45, 2.75) is 65.0 Å². The highest BCUT2D eigenvalue weighted by molar-refractivity contribution is 5.09. The average Bonchev–Trinajstić information content (AvgIpc) is 2.37. The summed E-state index contributed by atoms with van der Waals surface area (Å²) in [4.78, 5) is 4.16. The minimum Gasteiger partial charge on any atom is -0.306 e. The summed E-state index contributed by atoms with van der Waals surface area (Å²) in [5.41, 5.74) is 0.932. The topological polar surface area (TPSA) is 24.9 Å². The summed E-state index contributed by atoms with van der Waals surface area (Å²) in [5.74, 6) is -0.274. The van der Waals surface area contributed by atoms with Crippen LogP contribution in [0.15, 0.2) is 18.3 Å². The Morgan fingerprint density at radius 2 is 2.06 bits per heavy atom. The molecule has 0 saturated heterocycles. The van der Waals surface area contributed by atoms with Crippen molar-refractivity contribution in [3.63, 3.8) is 0 Å². The van der Waals surface area contributed by atoms with Gasteiger partial charge in [0.25, 0.3) is 0 Å². The Balaban J connectivity index is 2.48. The van der Waals surface area contributed by atoms with E-state index >= 15 is 0 Å². The van der Waals surface area contributed by atoms with Gasteiger partial charge in [0.2, 0.25) is 0 Å². The van der Waals surface area contributed by atoms with E-state index in [2.05, 4.69) is 31.1 Å². The molecule has 1 heterocycles. The minimum atomic E-state index is -0.274. The molecule has 2 nitrogen and oxygen atoms in total. The molecule has 2 atom stereocenters. The van der Waals surface area contributed by atoms with E-state index < -0.39 is 0 Å². The van der Waals surface area contributed by atoms with Gasteiger partial charge < -0.3 is 5.32 Å². The lowest BCUT2D eigenvalue weighted by Gasteiger charge is -2.22. The Hall–Kier alpha value is -0.960. The molecule has 0 aliphatic carbocycles. The SMILES string of the molecule is CCCCCC(C)NC(CC)c1ccc(F)cn1. The van der Waals surface area contributed by atoms with Crippen molar-refractivity contribution < 1.29 is 4.39 Å². The first-order valence-electron chi connectivity index (χ1n) is 7.04. The molecule has 0 fully saturated rings. The van der Waals surface area contributed by atoms with Crippen molar-refractivity contribution in [3.05, 3.63) is 29.8 Å². The van der Waals surface area contributed by atoms with E-state index in [-0.39, 0.29) is 11.9 Å². The van der Waals surface area contributed by atoms with Crippen LogP contribution in [0.1, 0.15) is 64.6 Å². The number of nitrogens with one attached hydrogen (secondary N) is 1. The zero-order valence-electron chi connectivity index (χ0n) is 11.7.